The number of carbonyl (C=O) groups excluding carboxylic acids is 1. The number of carbonyl (C=O) groups is 1. The van der Waals surface area contributed by atoms with Gasteiger partial charge in [0.05, 0.1) is 4.92 Å². The highest BCUT2D eigenvalue weighted by Crippen LogP contribution is 2.28. The molecule has 0 aliphatic carbocycles. The van der Waals surface area contributed by atoms with Crippen LogP contribution in [0.15, 0.2) is 46.9 Å². The van der Waals surface area contributed by atoms with Crippen molar-refractivity contribution in [2.24, 2.45) is 0 Å². The van der Waals surface area contributed by atoms with Gasteiger partial charge in [0, 0.05) is 21.1 Å². The number of nitro groups is 1. The van der Waals surface area contributed by atoms with Gasteiger partial charge in [0.2, 0.25) is 0 Å². The number of nitrogens with zero attached hydrogens (tertiary/aromatic N) is 1. The van der Waals surface area contributed by atoms with E-state index >= 15 is 0 Å². The smallest absolute Gasteiger partial charge is 0.294 e. The van der Waals surface area contributed by atoms with Crippen LogP contribution in [0.5, 0.6) is 0 Å². The molecule has 0 aliphatic heterocycles. The van der Waals surface area contributed by atoms with Gasteiger partial charge in [0.1, 0.15) is 5.69 Å². The molecule has 0 saturated heterocycles. The Kier molecular flexibility index (Phi) is 4.36. The molecule has 0 aliphatic rings. The number of nitro benzene ring substituents is 1. The Bertz CT molecular complexity index is 691. The predicted molar refractivity (Wildman–Crippen MR) is 80.2 cm³/mol. The second-order valence-corrected chi connectivity index (χ2v) is 5.24. The lowest BCUT2D eigenvalue weighted by atomic mass is 10.2. The van der Waals surface area contributed by atoms with E-state index in [0.717, 1.165) is 4.47 Å². The quantitative estimate of drug-likeness (QED) is 0.660. The van der Waals surface area contributed by atoms with Gasteiger partial charge < -0.3 is 5.32 Å². The Morgan fingerprint density at radius 2 is 2.00 bits per heavy atom. The molecule has 0 fully saturated rings. The molecule has 0 heterocycles. The molecule has 102 valence electrons. The Balaban J connectivity index is 2.30. The lowest BCUT2D eigenvalue weighted by Crippen LogP contribution is -2.13. The van der Waals surface area contributed by atoms with Gasteiger partial charge in [0.15, 0.2) is 0 Å². The number of anilines is 1. The Morgan fingerprint density at radius 1 is 1.25 bits per heavy atom. The summed E-state index contributed by atoms with van der Waals surface area (Å²) in [4.78, 5) is 22.4. The van der Waals surface area contributed by atoms with Crippen molar-refractivity contribution < 1.29 is 9.72 Å². The summed E-state index contributed by atoms with van der Waals surface area (Å²) in [5, 5.41) is 13.7. The third kappa shape index (κ3) is 3.34. The zero-order valence-corrected chi connectivity index (χ0v) is 12.3. The average Bonchev–Trinajstić information content (AvgIpc) is 2.40. The van der Waals surface area contributed by atoms with Gasteiger partial charge in [0.25, 0.3) is 11.6 Å². The summed E-state index contributed by atoms with van der Waals surface area (Å²) in [5.41, 5.74) is 0.244. The van der Waals surface area contributed by atoms with Crippen LogP contribution in [0.4, 0.5) is 11.4 Å². The van der Waals surface area contributed by atoms with Gasteiger partial charge in [-0.3, -0.25) is 14.9 Å². The van der Waals surface area contributed by atoms with Crippen molar-refractivity contribution in [1.82, 2.24) is 0 Å². The number of nitrogens with one attached hydrogen (secondary N) is 1. The highest BCUT2D eigenvalue weighted by atomic mass is 79.9. The fourth-order valence-electron chi connectivity index (χ4n) is 1.59. The van der Waals surface area contributed by atoms with E-state index in [1.807, 2.05) is 0 Å². The van der Waals surface area contributed by atoms with Crippen molar-refractivity contribution in [1.29, 1.82) is 0 Å². The first-order valence-corrected chi connectivity index (χ1v) is 6.65. The first-order valence-electron chi connectivity index (χ1n) is 5.48. The minimum absolute atomic E-state index is 0.101. The lowest BCUT2D eigenvalue weighted by molar-refractivity contribution is -0.383. The van der Waals surface area contributed by atoms with Crippen LogP contribution < -0.4 is 5.32 Å². The van der Waals surface area contributed by atoms with Crippen LogP contribution in [0.2, 0.25) is 5.02 Å². The highest BCUT2D eigenvalue weighted by Gasteiger charge is 2.17. The predicted octanol–water partition coefficient (Wildman–Crippen LogP) is 4.26. The van der Waals surface area contributed by atoms with E-state index in [4.69, 9.17) is 11.6 Å². The monoisotopic (exact) mass is 354 g/mol. The van der Waals surface area contributed by atoms with E-state index in [1.165, 1.54) is 18.2 Å². The van der Waals surface area contributed by atoms with Crippen molar-refractivity contribution in [3.8, 4) is 0 Å². The van der Waals surface area contributed by atoms with E-state index in [9.17, 15) is 14.9 Å². The number of halogens is 2. The first-order chi connectivity index (χ1) is 9.47. The van der Waals surface area contributed by atoms with Crippen LogP contribution in [0.3, 0.4) is 0 Å². The van der Waals surface area contributed by atoms with E-state index in [0.29, 0.717) is 5.56 Å². The standard InChI is InChI=1S/C13H8BrClN2O3/c14-9-3-1-2-8(6-9)13(18)16-11-5-4-10(15)7-12(11)17(19)20/h1-7H,(H,16,18). The van der Waals surface area contributed by atoms with Crippen molar-refractivity contribution >= 4 is 44.8 Å². The third-order valence-electron chi connectivity index (χ3n) is 2.49. The topological polar surface area (TPSA) is 72.2 Å². The second kappa shape index (κ2) is 6.02. The maximum Gasteiger partial charge on any atom is 0.294 e. The summed E-state index contributed by atoms with van der Waals surface area (Å²) < 4.78 is 0.746. The SMILES string of the molecule is O=C(Nc1ccc(Cl)cc1[N+](=O)[O-])c1cccc(Br)c1. The normalized spacial score (nSPS) is 10.1. The Hall–Kier alpha value is -1.92. The number of benzene rings is 2. The van der Waals surface area contributed by atoms with E-state index < -0.39 is 10.8 Å². The van der Waals surface area contributed by atoms with Crippen LogP contribution in [0, 0.1) is 10.1 Å². The summed E-state index contributed by atoms with van der Waals surface area (Å²) in [5.74, 6) is -0.434. The second-order valence-electron chi connectivity index (χ2n) is 3.88. The number of hydrogen-bond acceptors (Lipinski definition) is 3. The molecule has 0 saturated carbocycles. The molecule has 2 rings (SSSR count). The van der Waals surface area contributed by atoms with Crippen molar-refractivity contribution in [3.63, 3.8) is 0 Å². The largest absolute Gasteiger partial charge is 0.316 e. The van der Waals surface area contributed by atoms with Crippen LogP contribution in [-0.4, -0.2) is 10.8 Å². The number of amides is 1. The number of hydrogen-bond donors (Lipinski definition) is 1. The first kappa shape index (κ1) is 14.5. The lowest BCUT2D eigenvalue weighted by Gasteiger charge is -2.06. The van der Waals surface area contributed by atoms with E-state index in [-0.39, 0.29) is 16.4 Å². The molecule has 1 N–H and O–H groups in total. The van der Waals surface area contributed by atoms with Gasteiger partial charge in [-0.1, -0.05) is 33.6 Å². The summed E-state index contributed by atoms with van der Waals surface area (Å²) in [6, 6.07) is 10.8. The minimum atomic E-state index is -0.595. The molecule has 1 amide bonds. The summed E-state index contributed by atoms with van der Waals surface area (Å²) in [7, 11) is 0. The Labute approximate surface area is 127 Å². The van der Waals surface area contributed by atoms with Crippen LogP contribution >= 0.6 is 27.5 Å². The molecular formula is C13H8BrClN2O3. The van der Waals surface area contributed by atoms with Crippen molar-refractivity contribution in [3.05, 3.63) is 67.6 Å². The van der Waals surface area contributed by atoms with Crippen LogP contribution in [-0.2, 0) is 0 Å². The maximum atomic E-state index is 12.0. The zero-order chi connectivity index (χ0) is 14.7. The molecule has 2 aromatic carbocycles. The molecule has 0 spiro atoms. The van der Waals surface area contributed by atoms with Gasteiger partial charge in [-0.2, -0.15) is 0 Å². The molecule has 0 unspecified atom stereocenters. The molecule has 0 atom stereocenters. The average molecular weight is 356 g/mol. The van der Waals surface area contributed by atoms with Crippen LogP contribution in [0.25, 0.3) is 0 Å². The van der Waals surface area contributed by atoms with E-state index in [1.54, 1.807) is 24.3 Å². The van der Waals surface area contributed by atoms with Crippen molar-refractivity contribution in [2.75, 3.05) is 5.32 Å². The minimum Gasteiger partial charge on any atom is -0.316 e. The fraction of sp³-hybridized carbons (Fsp3) is 0. The molecular weight excluding hydrogens is 348 g/mol. The maximum absolute atomic E-state index is 12.0. The van der Waals surface area contributed by atoms with Gasteiger partial charge in [-0.15, -0.1) is 0 Å². The molecule has 2 aromatic rings. The highest BCUT2D eigenvalue weighted by molar-refractivity contribution is 9.10. The molecule has 5 nitrogen and oxygen atoms in total. The summed E-state index contributed by atoms with van der Waals surface area (Å²) >= 11 is 8.97. The van der Waals surface area contributed by atoms with Crippen LogP contribution in [0.1, 0.15) is 10.4 Å². The number of rotatable bonds is 3. The molecule has 7 heteroatoms. The van der Waals surface area contributed by atoms with Crippen molar-refractivity contribution in [2.45, 2.75) is 0 Å². The molecule has 20 heavy (non-hydrogen) atoms. The summed E-state index contributed by atoms with van der Waals surface area (Å²) in [6.07, 6.45) is 0. The molecule has 0 aromatic heterocycles. The fourth-order valence-corrected chi connectivity index (χ4v) is 2.15. The van der Waals surface area contributed by atoms with Gasteiger partial charge in [-0.25, -0.2) is 0 Å². The Morgan fingerprint density at radius 3 is 2.65 bits per heavy atom. The molecule has 0 bridgehead atoms. The third-order valence-corrected chi connectivity index (χ3v) is 3.22. The van der Waals surface area contributed by atoms with E-state index in [2.05, 4.69) is 21.2 Å². The summed E-state index contributed by atoms with van der Waals surface area (Å²) in [6.45, 7) is 0. The van der Waals surface area contributed by atoms with Gasteiger partial charge >= 0.3 is 0 Å². The zero-order valence-electron chi connectivity index (χ0n) is 9.97. The van der Waals surface area contributed by atoms with Gasteiger partial charge in [-0.05, 0) is 30.3 Å². The molecule has 0 radical (unpaired) electrons.